The summed E-state index contributed by atoms with van der Waals surface area (Å²) in [6, 6.07) is 3.70. The Kier molecular flexibility index (Phi) is 1.84. The van der Waals surface area contributed by atoms with Gasteiger partial charge in [0.2, 0.25) is 0 Å². The molecule has 1 aliphatic heterocycles. The molecule has 2 rings (SSSR count). The number of nitrogens with zero attached hydrogens (tertiary/aromatic N) is 1. The fourth-order valence-electron chi connectivity index (χ4n) is 2.40. The molecule has 1 aliphatic rings. The maximum absolute atomic E-state index is 12.0. The summed E-state index contributed by atoms with van der Waals surface area (Å²) in [5, 5.41) is 0. The number of hydrogen-bond acceptors (Lipinski definition) is 2. The summed E-state index contributed by atoms with van der Waals surface area (Å²) in [7, 11) is 1.83. The summed E-state index contributed by atoms with van der Waals surface area (Å²) >= 11 is 0. The maximum atomic E-state index is 12.0. The van der Waals surface area contributed by atoms with Crippen molar-refractivity contribution in [1.29, 1.82) is 0 Å². The van der Waals surface area contributed by atoms with Gasteiger partial charge in [0.1, 0.15) is 0 Å². The molecule has 0 radical (unpaired) electrons. The van der Waals surface area contributed by atoms with Crippen LogP contribution < -0.4 is 5.73 Å². The summed E-state index contributed by atoms with van der Waals surface area (Å²) in [5.41, 5.74) is 9.12. The van der Waals surface area contributed by atoms with Crippen molar-refractivity contribution in [3.8, 4) is 0 Å². The van der Waals surface area contributed by atoms with Crippen LogP contribution in [0.2, 0.25) is 0 Å². The van der Waals surface area contributed by atoms with E-state index >= 15 is 0 Å². The van der Waals surface area contributed by atoms with Gasteiger partial charge in [-0.2, -0.15) is 0 Å². The molecule has 2 N–H and O–H groups in total. The maximum Gasteiger partial charge on any atom is 0.254 e. The molecule has 0 atom stereocenters. The number of carbonyl (C=O) groups is 1. The Hall–Kier alpha value is -1.51. The Morgan fingerprint density at radius 3 is 2.53 bits per heavy atom. The molecule has 0 bridgehead atoms. The molecule has 1 amide bonds. The van der Waals surface area contributed by atoms with E-state index in [4.69, 9.17) is 5.73 Å². The SMILES string of the molecule is Cc1cc(N)cc2c1C(C)(C)N(C)C2=O. The number of nitrogens with two attached hydrogens (primary N) is 1. The van der Waals surface area contributed by atoms with Gasteiger partial charge in [-0.3, -0.25) is 4.79 Å². The van der Waals surface area contributed by atoms with Crippen LogP contribution in [0, 0.1) is 6.92 Å². The molecule has 0 spiro atoms. The molecule has 15 heavy (non-hydrogen) atoms. The highest BCUT2D eigenvalue weighted by Gasteiger charge is 2.41. The minimum Gasteiger partial charge on any atom is -0.399 e. The molecular weight excluding hydrogens is 188 g/mol. The number of aryl methyl sites for hydroxylation is 1. The first kappa shape index (κ1) is 10.0. The molecule has 0 saturated heterocycles. The molecule has 0 aliphatic carbocycles. The summed E-state index contributed by atoms with van der Waals surface area (Å²) in [5.74, 6) is 0.0606. The van der Waals surface area contributed by atoms with E-state index < -0.39 is 0 Å². The van der Waals surface area contributed by atoms with Gasteiger partial charge in [0.15, 0.2) is 0 Å². The highest BCUT2D eigenvalue weighted by atomic mass is 16.2. The van der Waals surface area contributed by atoms with Crippen LogP contribution in [0.5, 0.6) is 0 Å². The molecule has 1 heterocycles. The van der Waals surface area contributed by atoms with Gasteiger partial charge in [-0.25, -0.2) is 0 Å². The normalized spacial score (nSPS) is 18.1. The molecule has 0 fully saturated rings. The van der Waals surface area contributed by atoms with Crippen molar-refractivity contribution >= 4 is 11.6 Å². The zero-order valence-electron chi connectivity index (χ0n) is 9.59. The number of anilines is 1. The number of nitrogen functional groups attached to an aromatic ring is 1. The van der Waals surface area contributed by atoms with Crippen molar-refractivity contribution in [3.05, 3.63) is 28.8 Å². The predicted molar refractivity (Wildman–Crippen MR) is 60.7 cm³/mol. The van der Waals surface area contributed by atoms with E-state index in [1.165, 1.54) is 0 Å². The highest BCUT2D eigenvalue weighted by Crippen LogP contribution is 2.40. The molecule has 0 unspecified atom stereocenters. The van der Waals surface area contributed by atoms with E-state index in [1.54, 1.807) is 11.0 Å². The van der Waals surface area contributed by atoms with E-state index in [1.807, 2.05) is 20.0 Å². The van der Waals surface area contributed by atoms with Crippen LogP contribution in [-0.4, -0.2) is 17.9 Å². The van der Waals surface area contributed by atoms with Gasteiger partial charge in [-0.15, -0.1) is 0 Å². The first-order valence-electron chi connectivity index (χ1n) is 5.04. The number of fused-ring (bicyclic) bond motifs is 1. The smallest absolute Gasteiger partial charge is 0.254 e. The predicted octanol–water partition coefficient (Wildman–Crippen LogP) is 1.90. The minimum atomic E-state index is -0.232. The Bertz CT molecular complexity index is 449. The third-order valence-corrected chi connectivity index (χ3v) is 3.34. The van der Waals surface area contributed by atoms with E-state index in [0.29, 0.717) is 5.69 Å². The standard InChI is InChI=1S/C12H16N2O/c1-7-5-8(13)6-9-10(7)12(2,3)14(4)11(9)15/h5-6H,13H2,1-4H3. The average molecular weight is 204 g/mol. The van der Waals surface area contributed by atoms with Crippen LogP contribution in [0.15, 0.2) is 12.1 Å². The van der Waals surface area contributed by atoms with Gasteiger partial charge in [0, 0.05) is 18.3 Å². The molecule has 80 valence electrons. The van der Waals surface area contributed by atoms with Crippen LogP contribution in [0.4, 0.5) is 5.69 Å². The summed E-state index contributed by atoms with van der Waals surface area (Å²) in [4.78, 5) is 13.8. The lowest BCUT2D eigenvalue weighted by molar-refractivity contribution is 0.0691. The fraction of sp³-hybridized carbons (Fsp3) is 0.417. The molecule has 1 aromatic carbocycles. The van der Waals surface area contributed by atoms with Gasteiger partial charge in [0.25, 0.3) is 5.91 Å². The number of hydrogen-bond donors (Lipinski definition) is 1. The molecule has 0 aromatic heterocycles. The van der Waals surface area contributed by atoms with E-state index in [9.17, 15) is 4.79 Å². The fourth-order valence-corrected chi connectivity index (χ4v) is 2.40. The van der Waals surface area contributed by atoms with E-state index in [2.05, 4.69) is 13.8 Å². The number of rotatable bonds is 0. The van der Waals surface area contributed by atoms with Crippen molar-refractivity contribution < 1.29 is 4.79 Å². The van der Waals surface area contributed by atoms with Crippen molar-refractivity contribution in [2.24, 2.45) is 0 Å². The van der Waals surface area contributed by atoms with E-state index in [-0.39, 0.29) is 11.4 Å². The van der Waals surface area contributed by atoms with Crippen molar-refractivity contribution in [3.63, 3.8) is 0 Å². The minimum absolute atomic E-state index is 0.0606. The van der Waals surface area contributed by atoms with E-state index in [0.717, 1.165) is 16.7 Å². The lowest BCUT2D eigenvalue weighted by atomic mass is 9.89. The zero-order chi connectivity index (χ0) is 11.4. The Balaban J connectivity index is 2.77. The van der Waals surface area contributed by atoms with Crippen LogP contribution in [0.3, 0.4) is 0 Å². The van der Waals surface area contributed by atoms with Gasteiger partial charge < -0.3 is 10.6 Å². The molecule has 1 aromatic rings. The van der Waals surface area contributed by atoms with Gasteiger partial charge in [-0.1, -0.05) is 0 Å². The Morgan fingerprint density at radius 1 is 1.33 bits per heavy atom. The molecule has 0 saturated carbocycles. The lowest BCUT2D eigenvalue weighted by Crippen LogP contribution is -2.35. The Morgan fingerprint density at radius 2 is 1.93 bits per heavy atom. The topological polar surface area (TPSA) is 46.3 Å². The Labute approximate surface area is 89.9 Å². The van der Waals surface area contributed by atoms with Crippen LogP contribution in [0.25, 0.3) is 0 Å². The number of benzene rings is 1. The molecular formula is C12H16N2O. The van der Waals surface area contributed by atoms with Gasteiger partial charge >= 0.3 is 0 Å². The average Bonchev–Trinajstić information content (AvgIpc) is 2.27. The van der Waals surface area contributed by atoms with Crippen molar-refractivity contribution in [1.82, 2.24) is 4.90 Å². The van der Waals surface area contributed by atoms with Crippen LogP contribution >= 0.6 is 0 Å². The lowest BCUT2D eigenvalue weighted by Gasteiger charge is -2.29. The molecule has 3 heteroatoms. The largest absolute Gasteiger partial charge is 0.399 e. The second-order valence-electron chi connectivity index (χ2n) is 4.68. The van der Waals surface area contributed by atoms with Crippen LogP contribution in [0.1, 0.15) is 35.3 Å². The first-order chi connectivity index (χ1) is 6.85. The third-order valence-electron chi connectivity index (χ3n) is 3.34. The first-order valence-corrected chi connectivity index (χ1v) is 5.04. The van der Waals surface area contributed by atoms with Crippen LogP contribution in [-0.2, 0) is 5.54 Å². The summed E-state index contributed by atoms with van der Waals surface area (Å²) < 4.78 is 0. The van der Waals surface area contributed by atoms with Crippen molar-refractivity contribution in [2.45, 2.75) is 26.3 Å². The summed E-state index contributed by atoms with van der Waals surface area (Å²) in [6.45, 7) is 6.11. The highest BCUT2D eigenvalue weighted by molar-refractivity contribution is 6.01. The quantitative estimate of drug-likeness (QED) is 0.656. The molecule has 3 nitrogen and oxygen atoms in total. The summed E-state index contributed by atoms with van der Waals surface area (Å²) in [6.07, 6.45) is 0. The number of amides is 1. The van der Waals surface area contributed by atoms with Gasteiger partial charge in [0.05, 0.1) is 5.54 Å². The zero-order valence-corrected chi connectivity index (χ0v) is 9.59. The second kappa shape index (κ2) is 2.75. The number of carbonyl (C=O) groups excluding carboxylic acids is 1. The van der Waals surface area contributed by atoms with Gasteiger partial charge in [-0.05, 0) is 44.0 Å². The monoisotopic (exact) mass is 204 g/mol. The second-order valence-corrected chi connectivity index (χ2v) is 4.68. The van der Waals surface area contributed by atoms with Crippen molar-refractivity contribution in [2.75, 3.05) is 12.8 Å². The third kappa shape index (κ3) is 1.16.